The Morgan fingerprint density at radius 1 is 1.42 bits per heavy atom. The van der Waals surface area contributed by atoms with E-state index in [1.807, 2.05) is 25.1 Å². The summed E-state index contributed by atoms with van der Waals surface area (Å²) in [6.45, 7) is 1.92. The zero-order chi connectivity index (χ0) is 13.4. The van der Waals surface area contributed by atoms with Crippen molar-refractivity contribution in [1.29, 1.82) is 0 Å². The van der Waals surface area contributed by atoms with Crippen molar-refractivity contribution in [3.8, 4) is 11.3 Å². The summed E-state index contributed by atoms with van der Waals surface area (Å²) in [6, 6.07) is 5.66. The molecule has 3 rings (SSSR count). The molecule has 0 saturated carbocycles. The summed E-state index contributed by atoms with van der Waals surface area (Å²) in [7, 11) is 0. The highest BCUT2D eigenvalue weighted by atomic mass is 16.1. The number of hydrogen-bond acceptors (Lipinski definition) is 4. The highest BCUT2D eigenvalue weighted by Crippen LogP contribution is 2.19. The molecular weight excluding hydrogens is 242 g/mol. The number of nitrogens with zero attached hydrogens (tertiary/aromatic N) is 4. The molecule has 0 spiro atoms. The fourth-order valence-electron chi connectivity index (χ4n) is 1.96. The van der Waals surface area contributed by atoms with Crippen LogP contribution in [0.1, 0.15) is 16.2 Å². The summed E-state index contributed by atoms with van der Waals surface area (Å²) in [5.41, 5.74) is 8.47. The maximum atomic E-state index is 11.3. The van der Waals surface area contributed by atoms with Gasteiger partial charge in [-0.25, -0.2) is 9.97 Å². The topological polar surface area (TPSA) is 86.2 Å². The zero-order valence-electron chi connectivity index (χ0n) is 10.2. The normalized spacial score (nSPS) is 10.8. The van der Waals surface area contributed by atoms with E-state index in [1.165, 1.54) is 0 Å². The number of carbonyl (C=O) groups is 1. The highest BCUT2D eigenvalue weighted by molar-refractivity contribution is 5.97. The van der Waals surface area contributed by atoms with Crippen LogP contribution in [0.4, 0.5) is 0 Å². The Morgan fingerprint density at radius 2 is 2.26 bits per heavy atom. The van der Waals surface area contributed by atoms with Crippen LogP contribution in [0.3, 0.4) is 0 Å². The molecule has 0 aliphatic rings. The molecule has 0 atom stereocenters. The van der Waals surface area contributed by atoms with Crippen molar-refractivity contribution in [3.63, 3.8) is 0 Å². The van der Waals surface area contributed by atoms with Crippen molar-refractivity contribution < 1.29 is 4.79 Å². The van der Waals surface area contributed by atoms with E-state index in [0.717, 1.165) is 17.0 Å². The predicted octanol–water partition coefficient (Wildman–Crippen LogP) is 1.20. The third kappa shape index (κ3) is 1.83. The van der Waals surface area contributed by atoms with Gasteiger partial charge in [-0.15, -0.1) is 0 Å². The number of primary amides is 1. The lowest BCUT2D eigenvalue weighted by Gasteiger charge is -2.05. The third-order valence-electron chi connectivity index (χ3n) is 2.88. The van der Waals surface area contributed by atoms with Gasteiger partial charge in [0.2, 0.25) is 0 Å². The molecule has 0 aliphatic carbocycles. The Hall–Kier alpha value is -2.76. The average molecular weight is 253 g/mol. The number of aryl methyl sites for hydroxylation is 1. The number of aromatic nitrogens is 4. The second kappa shape index (κ2) is 4.16. The monoisotopic (exact) mass is 253 g/mol. The number of fused-ring (bicyclic) bond motifs is 1. The predicted molar refractivity (Wildman–Crippen MR) is 69.5 cm³/mol. The van der Waals surface area contributed by atoms with Crippen molar-refractivity contribution in [2.75, 3.05) is 0 Å². The molecule has 0 aliphatic heterocycles. The van der Waals surface area contributed by atoms with Crippen molar-refractivity contribution in [2.24, 2.45) is 5.73 Å². The summed E-state index contributed by atoms with van der Waals surface area (Å²) in [6.07, 6.45) is 4.96. The molecule has 6 nitrogen and oxygen atoms in total. The van der Waals surface area contributed by atoms with Gasteiger partial charge < -0.3 is 5.73 Å². The van der Waals surface area contributed by atoms with Crippen molar-refractivity contribution in [3.05, 3.63) is 48.3 Å². The first-order valence-corrected chi connectivity index (χ1v) is 5.71. The average Bonchev–Trinajstić information content (AvgIpc) is 2.84. The van der Waals surface area contributed by atoms with Gasteiger partial charge in [0, 0.05) is 23.7 Å². The maximum Gasteiger partial charge on any atom is 0.271 e. The number of pyridine rings is 1. The molecule has 0 radical (unpaired) electrons. The lowest BCUT2D eigenvalue weighted by molar-refractivity contribution is 0.0997. The van der Waals surface area contributed by atoms with Crippen LogP contribution in [0, 0.1) is 6.92 Å². The first-order chi connectivity index (χ1) is 9.16. The van der Waals surface area contributed by atoms with E-state index in [1.54, 1.807) is 23.1 Å². The van der Waals surface area contributed by atoms with Gasteiger partial charge in [-0.2, -0.15) is 0 Å². The minimum atomic E-state index is -0.585. The smallest absolute Gasteiger partial charge is 0.271 e. The maximum absolute atomic E-state index is 11.3. The van der Waals surface area contributed by atoms with Crippen LogP contribution in [0.5, 0.6) is 0 Å². The van der Waals surface area contributed by atoms with Crippen molar-refractivity contribution in [2.45, 2.75) is 6.92 Å². The van der Waals surface area contributed by atoms with Crippen molar-refractivity contribution >= 4 is 11.6 Å². The largest absolute Gasteiger partial charge is 0.364 e. The van der Waals surface area contributed by atoms with E-state index < -0.39 is 5.91 Å². The quantitative estimate of drug-likeness (QED) is 0.743. The van der Waals surface area contributed by atoms with E-state index in [-0.39, 0.29) is 5.69 Å². The fourth-order valence-corrected chi connectivity index (χ4v) is 1.96. The van der Waals surface area contributed by atoms with Crippen LogP contribution in [0.25, 0.3) is 16.9 Å². The van der Waals surface area contributed by atoms with Gasteiger partial charge in [0.15, 0.2) is 11.3 Å². The van der Waals surface area contributed by atoms with Gasteiger partial charge in [0.1, 0.15) is 6.33 Å². The van der Waals surface area contributed by atoms with Crippen LogP contribution < -0.4 is 5.73 Å². The van der Waals surface area contributed by atoms with E-state index >= 15 is 0 Å². The minimum absolute atomic E-state index is 0.175. The summed E-state index contributed by atoms with van der Waals surface area (Å²) in [4.78, 5) is 23.8. The number of nitrogens with two attached hydrogens (primary N) is 1. The highest BCUT2D eigenvalue weighted by Gasteiger charge is 2.14. The SMILES string of the molecule is Cc1cc(-c2cccnc2)nc2c(C(N)=O)ncn12. The van der Waals surface area contributed by atoms with E-state index in [4.69, 9.17) is 5.73 Å². The molecule has 0 unspecified atom stereocenters. The Labute approximate surface area is 108 Å². The second-order valence-corrected chi connectivity index (χ2v) is 4.18. The fraction of sp³-hybridized carbons (Fsp3) is 0.0769. The summed E-state index contributed by atoms with van der Waals surface area (Å²) in [5.74, 6) is -0.585. The molecule has 0 bridgehead atoms. The Morgan fingerprint density at radius 3 is 2.95 bits per heavy atom. The summed E-state index contributed by atoms with van der Waals surface area (Å²) >= 11 is 0. The lowest BCUT2D eigenvalue weighted by Crippen LogP contribution is -2.12. The van der Waals surface area contributed by atoms with Gasteiger partial charge in [0.05, 0.1) is 5.69 Å². The van der Waals surface area contributed by atoms with Crippen LogP contribution in [-0.2, 0) is 0 Å². The van der Waals surface area contributed by atoms with Crippen LogP contribution in [-0.4, -0.2) is 25.3 Å². The van der Waals surface area contributed by atoms with Gasteiger partial charge in [-0.05, 0) is 25.1 Å². The van der Waals surface area contributed by atoms with Gasteiger partial charge in [-0.3, -0.25) is 14.2 Å². The molecule has 0 aromatic carbocycles. The lowest BCUT2D eigenvalue weighted by atomic mass is 10.2. The molecule has 3 heterocycles. The van der Waals surface area contributed by atoms with Crippen LogP contribution >= 0.6 is 0 Å². The number of hydrogen-bond donors (Lipinski definition) is 1. The first-order valence-electron chi connectivity index (χ1n) is 5.71. The van der Waals surface area contributed by atoms with Gasteiger partial charge in [0.25, 0.3) is 5.91 Å². The molecule has 6 heteroatoms. The second-order valence-electron chi connectivity index (χ2n) is 4.18. The molecule has 19 heavy (non-hydrogen) atoms. The molecular formula is C13H11N5O. The number of rotatable bonds is 2. The number of carbonyl (C=O) groups excluding carboxylic acids is 1. The summed E-state index contributed by atoms with van der Waals surface area (Å²) in [5, 5.41) is 0. The first kappa shape index (κ1) is 11.3. The Kier molecular flexibility index (Phi) is 2.49. The van der Waals surface area contributed by atoms with Gasteiger partial charge >= 0.3 is 0 Å². The van der Waals surface area contributed by atoms with Crippen molar-refractivity contribution in [1.82, 2.24) is 19.4 Å². The molecule has 1 amide bonds. The van der Waals surface area contributed by atoms with Gasteiger partial charge in [-0.1, -0.05) is 0 Å². The molecule has 3 aromatic rings. The standard InChI is InChI=1S/C13H11N5O/c1-8-5-10(9-3-2-4-15-6-9)17-13-11(12(14)19)16-7-18(8)13/h2-7H,1H3,(H2,14,19). The molecule has 0 saturated heterocycles. The van der Waals surface area contributed by atoms with E-state index in [9.17, 15) is 4.79 Å². The molecule has 0 fully saturated rings. The third-order valence-corrected chi connectivity index (χ3v) is 2.88. The van der Waals surface area contributed by atoms with Crippen LogP contribution in [0.2, 0.25) is 0 Å². The zero-order valence-corrected chi connectivity index (χ0v) is 10.2. The Balaban J connectivity index is 2.28. The van der Waals surface area contributed by atoms with E-state index in [0.29, 0.717) is 5.65 Å². The van der Waals surface area contributed by atoms with E-state index in [2.05, 4.69) is 15.0 Å². The molecule has 94 valence electrons. The minimum Gasteiger partial charge on any atom is -0.364 e. The van der Waals surface area contributed by atoms with Crippen LogP contribution in [0.15, 0.2) is 36.9 Å². The molecule has 2 N–H and O–H groups in total. The number of amides is 1. The Bertz CT molecular complexity index is 763. The molecule has 3 aromatic heterocycles. The summed E-state index contributed by atoms with van der Waals surface area (Å²) < 4.78 is 1.74. The number of imidazole rings is 1.